The highest BCUT2D eigenvalue weighted by Crippen LogP contribution is 2.24. The van der Waals surface area contributed by atoms with Crippen LogP contribution in [0.3, 0.4) is 0 Å². The lowest BCUT2D eigenvalue weighted by Gasteiger charge is -2.18. The molecule has 1 radical (unpaired) electrons. The highest BCUT2D eigenvalue weighted by atomic mass is 14.2. The van der Waals surface area contributed by atoms with Gasteiger partial charge in [-0.3, -0.25) is 0 Å². The van der Waals surface area contributed by atoms with E-state index in [9.17, 15) is 0 Å². The molecule has 0 aliphatic carbocycles. The first kappa shape index (κ1) is 11.7. The Bertz CT molecular complexity index is 129. The second kappa shape index (κ2) is 5.40. The molecule has 0 heterocycles. The second-order valence-corrected chi connectivity index (χ2v) is 4.48. The first-order valence-corrected chi connectivity index (χ1v) is 4.98. The van der Waals surface area contributed by atoms with E-state index >= 15 is 0 Å². The minimum absolute atomic E-state index is 0.379. The Morgan fingerprint density at radius 2 is 2.00 bits per heavy atom. The van der Waals surface area contributed by atoms with Crippen LogP contribution in [-0.2, 0) is 0 Å². The molecule has 0 spiro atoms. The van der Waals surface area contributed by atoms with Gasteiger partial charge in [-0.2, -0.15) is 0 Å². The van der Waals surface area contributed by atoms with Crippen LogP contribution < -0.4 is 0 Å². The Morgan fingerprint density at radius 3 is 2.42 bits per heavy atom. The smallest absolute Gasteiger partial charge is 0.0175 e. The van der Waals surface area contributed by atoms with Crippen molar-refractivity contribution in [2.24, 2.45) is 11.3 Å². The average molecular weight is 167 g/mol. The van der Waals surface area contributed by atoms with Crippen LogP contribution in [0.25, 0.3) is 0 Å². The number of rotatable bonds is 5. The van der Waals surface area contributed by atoms with Gasteiger partial charge in [-0.15, -0.1) is 0 Å². The molecule has 0 aromatic carbocycles. The van der Waals surface area contributed by atoms with Crippen LogP contribution in [0, 0.1) is 18.3 Å². The third kappa shape index (κ3) is 6.45. The van der Waals surface area contributed by atoms with Gasteiger partial charge in [0.05, 0.1) is 0 Å². The van der Waals surface area contributed by atoms with E-state index in [2.05, 4.69) is 46.8 Å². The second-order valence-electron chi connectivity index (χ2n) is 4.48. The zero-order valence-corrected chi connectivity index (χ0v) is 9.06. The van der Waals surface area contributed by atoms with Crippen molar-refractivity contribution in [2.75, 3.05) is 0 Å². The minimum atomic E-state index is 0.379. The molecule has 0 aromatic heterocycles. The van der Waals surface area contributed by atoms with Crippen molar-refractivity contribution in [3.8, 4) is 0 Å². The standard InChI is InChI=1S/C12H23/c1-6-9-12(4,5)10-7-8-11(2)3/h7,10-11H,2,6,8-9H2,1,3-5H3/b10-7+. The van der Waals surface area contributed by atoms with Crippen LogP contribution in [0.2, 0.25) is 0 Å². The summed E-state index contributed by atoms with van der Waals surface area (Å²) >= 11 is 0. The fourth-order valence-corrected chi connectivity index (χ4v) is 1.35. The van der Waals surface area contributed by atoms with Crippen molar-refractivity contribution in [3.63, 3.8) is 0 Å². The van der Waals surface area contributed by atoms with Gasteiger partial charge in [0.2, 0.25) is 0 Å². The Labute approximate surface area is 78.1 Å². The molecule has 1 unspecified atom stereocenters. The van der Waals surface area contributed by atoms with E-state index in [-0.39, 0.29) is 0 Å². The van der Waals surface area contributed by atoms with Crippen molar-refractivity contribution >= 4 is 0 Å². The van der Waals surface area contributed by atoms with Crippen LogP contribution in [0.4, 0.5) is 0 Å². The Kier molecular flexibility index (Phi) is 5.28. The first-order chi connectivity index (χ1) is 5.48. The molecule has 0 aliphatic rings. The predicted molar refractivity (Wildman–Crippen MR) is 57.0 cm³/mol. The molecule has 71 valence electrons. The molecule has 0 aromatic rings. The number of allylic oxidation sites excluding steroid dienone is 2. The first-order valence-electron chi connectivity index (χ1n) is 4.98. The van der Waals surface area contributed by atoms with Gasteiger partial charge in [-0.25, -0.2) is 0 Å². The number of hydrogen-bond donors (Lipinski definition) is 0. The maximum atomic E-state index is 3.95. The summed E-state index contributed by atoms with van der Waals surface area (Å²) in [5.74, 6) is 0.540. The van der Waals surface area contributed by atoms with Gasteiger partial charge in [0.1, 0.15) is 0 Å². The molecule has 0 bridgehead atoms. The van der Waals surface area contributed by atoms with Gasteiger partial charge < -0.3 is 0 Å². The Hall–Kier alpha value is -0.260. The lowest BCUT2D eigenvalue weighted by Crippen LogP contribution is -2.06. The SMILES string of the molecule is [CH2]C(C)C/C=C/C(C)(C)CCC. The van der Waals surface area contributed by atoms with Crippen molar-refractivity contribution in [1.82, 2.24) is 0 Å². The van der Waals surface area contributed by atoms with E-state index in [0.29, 0.717) is 11.3 Å². The topological polar surface area (TPSA) is 0 Å². The summed E-state index contributed by atoms with van der Waals surface area (Å²) in [7, 11) is 0. The quantitative estimate of drug-likeness (QED) is 0.537. The van der Waals surface area contributed by atoms with E-state index in [0.717, 1.165) is 6.42 Å². The molecule has 0 nitrogen and oxygen atoms in total. The maximum Gasteiger partial charge on any atom is -0.0175 e. The fourth-order valence-electron chi connectivity index (χ4n) is 1.35. The minimum Gasteiger partial charge on any atom is -0.0877 e. The van der Waals surface area contributed by atoms with Crippen molar-refractivity contribution < 1.29 is 0 Å². The largest absolute Gasteiger partial charge is 0.0877 e. The molecule has 0 amide bonds. The lowest BCUT2D eigenvalue weighted by atomic mass is 9.87. The monoisotopic (exact) mass is 167 g/mol. The summed E-state index contributed by atoms with van der Waals surface area (Å²) in [6.45, 7) is 12.9. The van der Waals surface area contributed by atoms with Crippen LogP contribution in [0.5, 0.6) is 0 Å². The molecule has 1 atom stereocenters. The van der Waals surface area contributed by atoms with E-state index in [1.54, 1.807) is 0 Å². The predicted octanol–water partition coefficient (Wildman–Crippen LogP) is 4.23. The highest BCUT2D eigenvalue weighted by Gasteiger charge is 2.10. The Morgan fingerprint density at radius 1 is 1.42 bits per heavy atom. The van der Waals surface area contributed by atoms with Gasteiger partial charge in [-0.1, -0.05) is 53.2 Å². The van der Waals surface area contributed by atoms with Crippen molar-refractivity contribution in [1.29, 1.82) is 0 Å². The Balaban J connectivity index is 3.79. The summed E-state index contributed by atoms with van der Waals surface area (Å²) in [4.78, 5) is 0. The molecular formula is C12H23. The van der Waals surface area contributed by atoms with E-state index in [1.165, 1.54) is 12.8 Å². The zero-order valence-electron chi connectivity index (χ0n) is 9.06. The van der Waals surface area contributed by atoms with Crippen LogP contribution in [0.1, 0.15) is 47.0 Å². The molecule has 0 rings (SSSR count). The van der Waals surface area contributed by atoms with Gasteiger partial charge in [0.15, 0.2) is 0 Å². The average Bonchev–Trinajstić information content (AvgIpc) is 1.85. The normalized spacial score (nSPS) is 13.2. The van der Waals surface area contributed by atoms with E-state index < -0.39 is 0 Å². The lowest BCUT2D eigenvalue weighted by molar-refractivity contribution is 0.430. The van der Waals surface area contributed by atoms with E-state index in [1.807, 2.05) is 0 Å². The summed E-state index contributed by atoms with van der Waals surface area (Å²) in [6, 6.07) is 0. The molecule has 0 N–H and O–H groups in total. The highest BCUT2D eigenvalue weighted by molar-refractivity contribution is 4.95. The van der Waals surface area contributed by atoms with Crippen LogP contribution in [0.15, 0.2) is 12.2 Å². The third-order valence-corrected chi connectivity index (χ3v) is 2.00. The van der Waals surface area contributed by atoms with Gasteiger partial charge >= 0.3 is 0 Å². The van der Waals surface area contributed by atoms with E-state index in [4.69, 9.17) is 0 Å². The molecular weight excluding hydrogens is 144 g/mol. The molecule has 0 saturated carbocycles. The van der Waals surface area contributed by atoms with Gasteiger partial charge in [0, 0.05) is 0 Å². The molecule has 12 heavy (non-hydrogen) atoms. The fraction of sp³-hybridized carbons (Fsp3) is 0.750. The molecule has 0 aliphatic heterocycles. The maximum absolute atomic E-state index is 3.95. The summed E-state index contributed by atoms with van der Waals surface area (Å²) in [5, 5.41) is 0. The summed E-state index contributed by atoms with van der Waals surface area (Å²) < 4.78 is 0. The zero-order chi connectivity index (χ0) is 9.61. The summed E-state index contributed by atoms with van der Waals surface area (Å²) in [5.41, 5.74) is 0.379. The van der Waals surface area contributed by atoms with Crippen LogP contribution >= 0.6 is 0 Å². The van der Waals surface area contributed by atoms with Gasteiger partial charge in [0.25, 0.3) is 0 Å². The number of hydrogen-bond acceptors (Lipinski definition) is 0. The molecule has 0 fully saturated rings. The van der Waals surface area contributed by atoms with Crippen molar-refractivity contribution in [3.05, 3.63) is 19.1 Å². The summed E-state index contributed by atoms with van der Waals surface area (Å²) in [6.07, 6.45) is 8.24. The van der Waals surface area contributed by atoms with Crippen LogP contribution in [-0.4, -0.2) is 0 Å². The van der Waals surface area contributed by atoms with Gasteiger partial charge in [-0.05, 0) is 24.2 Å². The molecule has 0 heteroatoms. The molecule has 0 saturated heterocycles. The van der Waals surface area contributed by atoms with Crippen molar-refractivity contribution in [2.45, 2.75) is 47.0 Å². The third-order valence-electron chi connectivity index (χ3n) is 2.00.